The predicted octanol–water partition coefficient (Wildman–Crippen LogP) is 3.86. The lowest BCUT2D eigenvalue weighted by atomic mass is 10.1. The monoisotopic (exact) mass is 306 g/mol. The van der Waals surface area contributed by atoms with Gasteiger partial charge in [-0.15, -0.1) is 0 Å². The number of anilines is 1. The van der Waals surface area contributed by atoms with E-state index in [0.29, 0.717) is 17.0 Å². The molecule has 4 heteroatoms. The standard InChI is InChI=1S/C19H18N2O2/c1-13-4-7-17(8-5-13)21-19(22)16(12-20)11-15-10-14(2)6-9-18(15)23-3/h4-11H,1-3H3,(H,21,22)/b16-11+. The highest BCUT2D eigenvalue weighted by molar-refractivity contribution is 6.09. The molecule has 4 nitrogen and oxygen atoms in total. The first kappa shape index (κ1) is 16.3. The lowest BCUT2D eigenvalue weighted by Crippen LogP contribution is -2.13. The summed E-state index contributed by atoms with van der Waals surface area (Å²) in [4.78, 5) is 12.3. The van der Waals surface area contributed by atoms with Crippen LogP contribution in [0.15, 0.2) is 48.0 Å². The number of hydrogen-bond acceptors (Lipinski definition) is 3. The molecule has 0 unspecified atom stereocenters. The third-order valence-corrected chi connectivity index (χ3v) is 3.36. The third kappa shape index (κ3) is 4.21. The summed E-state index contributed by atoms with van der Waals surface area (Å²) >= 11 is 0. The predicted molar refractivity (Wildman–Crippen MR) is 91.1 cm³/mol. The molecule has 2 rings (SSSR count). The number of nitrogens with one attached hydrogen (secondary N) is 1. The molecule has 2 aromatic carbocycles. The fraction of sp³-hybridized carbons (Fsp3) is 0.158. The van der Waals surface area contributed by atoms with Gasteiger partial charge in [0.25, 0.3) is 5.91 Å². The maximum Gasteiger partial charge on any atom is 0.266 e. The van der Waals surface area contributed by atoms with Crippen LogP contribution in [0.25, 0.3) is 6.08 Å². The average molecular weight is 306 g/mol. The Hall–Kier alpha value is -3.06. The smallest absolute Gasteiger partial charge is 0.266 e. The summed E-state index contributed by atoms with van der Waals surface area (Å²) < 4.78 is 5.27. The van der Waals surface area contributed by atoms with Crippen LogP contribution in [0.3, 0.4) is 0 Å². The van der Waals surface area contributed by atoms with Crippen molar-refractivity contribution in [1.29, 1.82) is 5.26 Å². The number of methoxy groups -OCH3 is 1. The lowest BCUT2D eigenvalue weighted by molar-refractivity contribution is -0.112. The van der Waals surface area contributed by atoms with E-state index in [9.17, 15) is 10.1 Å². The second kappa shape index (κ2) is 7.28. The fourth-order valence-electron chi connectivity index (χ4n) is 2.11. The van der Waals surface area contributed by atoms with Gasteiger partial charge in [-0.25, -0.2) is 0 Å². The van der Waals surface area contributed by atoms with Gasteiger partial charge in [0.1, 0.15) is 17.4 Å². The number of hydrogen-bond donors (Lipinski definition) is 1. The van der Waals surface area contributed by atoms with E-state index in [2.05, 4.69) is 5.32 Å². The van der Waals surface area contributed by atoms with Gasteiger partial charge >= 0.3 is 0 Å². The highest BCUT2D eigenvalue weighted by Gasteiger charge is 2.11. The van der Waals surface area contributed by atoms with Crippen LogP contribution < -0.4 is 10.1 Å². The second-order valence-corrected chi connectivity index (χ2v) is 5.24. The summed E-state index contributed by atoms with van der Waals surface area (Å²) in [5.41, 5.74) is 3.49. The Morgan fingerprint density at radius 3 is 2.39 bits per heavy atom. The first-order valence-electron chi connectivity index (χ1n) is 7.18. The summed E-state index contributed by atoms with van der Waals surface area (Å²) in [5.74, 6) is 0.173. The molecule has 0 saturated carbocycles. The Bertz CT molecular complexity index is 784. The highest BCUT2D eigenvalue weighted by atomic mass is 16.5. The van der Waals surface area contributed by atoms with E-state index in [0.717, 1.165) is 11.1 Å². The normalized spacial score (nSPS) is 10.8. The summed E-state index contributed by atoms with van der Waals surface area (Å²) in [6.07, 6.45) is 1.54. The van der Waals surface area contributed by atoms with Crippen LogP contribution in [0.2, 0.25) is 0 Å². The summed E-state index contributed by atoms with van der Waals surface area (Å²) in [6.45, 7) is 3.91. The van der Waals surface area contributed by atoms with Crippen LogP contribution in [0, 0.1) is 25.2 Å². The molecule has 1 N–H and O–H groups in total. The van der Waals surface area contributed by atoms with E-state index < -0.39 is 5.91 Å². The van der Waals surface area contributed by atoms with Gasteiger partial charge in [-0.2, -0.15) is 5.26 Å². The number of nitriles is 1. The fourth-order valence-corrected chi connectivity index (χ4v) is 2.11. The molecule has 0 spiro atoms. The molecule has 0 aliphatic heterocycles. The van der Waals surface area contributed by atoms with Crippen molar-refractivity contribution in [2.45, 2.75) is 13.8 Å². The van der Waals surface area contributed by atoms with Crippen molar-refractivity contribution in [2.24, 2.45) is 0 Å². The Morgan fingerprint density at radius 2 is 1.78 bits per heavy atom. The van der Waals surface area contributed by atoms with E-state index >= 15 is 0 Å². The molecule has 0 fully saturated rings. The topological polar surface area (TPSA) is 62.1 Å². The molecule has 0 aliphatic carbocycles. The van der Waals surface area contributed by atoms with Crippen LogP contribution in [0.5, 0.6) is 5.75 Å². The van der Waals surface area contributed by atoms with Crippen LogP contribution >= 0.6 is 0 Å². The minimum Gasteiger partial charge on any atom is -0.496 e. The van der Waals surface area contributed by atoms with E-state index in [4.69, 9.17) is 4.74 Å². The van der Waals surface area contributed by atoms with Crippen LogP contribution in [-0.4, -0.2) is 13.0 Å². The van der Waals surface area contributed by atoms with Crippen molar-refractivity contribution in [3.8, 4) is 11.8 Å². The van der Waals surface area contributed by atoms with Crippen LogP contribution in [0.4, 0.5) is 5.69 Å². The molecular formula is C19H18N2O2. The van der Waals surface area contributed by atoms with Crippen LogP contribution in [-0.2, 0) is 4.79 Å². The molecular weight excluding hydrogens is 288 g/mol. The molecule has 0 aliphatic rings. The maximum atomic E-state index is 12.3. The van der Waals surface area contributed by atoms with E-state index in [1.54, 1.807) is 19.2 Å². The van der Waals surface area contributed by atoms with Gasteiger partial charge < -0.3 is 10.1 Å². The molecule has 0 atom stereocenters. The zero-order chi connectivity index (χ0) is 16.8. The van der Waals surface area contributed by atoms with Crippen molar-refractivity contribution in [1.82, 2.24) is 0 Å². The Balaban J connectivity index is 2.28. The SMILES string of the molecule is COc1ccc(C)cc1/C=C(\C#N)C(=O)Nc1ccc(C)cc1. The molecule has 0 bridgehead atoms. The number of carbonyl (C=O) groups is 1. The minimum absolute atomic E-state index is 0.0227. The summed E-state index contributed by atoms with van der Waals surface area (Å²) in [6, 6.07) is 14.9. The van der Waals surface area contributed by atoms with Crippen molar-refractivity contribution in [3.05, 3.63) is 64.7 Å². The average Bonchev–Trinajstić information content (AvgIpc) is 2.54. The van der Waals surface area contributed by atoms with Crippen LogP contribution in [0.1, 0.15) is 16.7 Å². The van der Waals surface area contributed by atoms with Crippen molar-refractivity contribution < 1.29 is 9.53 Å². The number of aryl methyl sites for hydroxylation is 2. The number of ether oxygens (including phenoxy) is 1. The Kier molecular flexibility index (Phi) is 5.16. The quantitative estimate of drug-likeness (QED) is 0.689. The van der Waals surface area contributed by atoms with Gasteiger partial charge in [0.05, 0.1) is 7.11 Å². The Morgan fingerprint density at radius 1 is 1.13 bits per heavy atom. The zero-order valence-electron chi connectivity index (χ0n) is 13.4. The molecule has 23 heavy (non-hydrogen) atoms. The van der Waals surface area contributed by atoms with Gasteiger partial charge in [0.2, 0.25) is 0 Å². The third-order valence-electron chi connectivity index (χ3n) is 3.36. The van der Waals surface area contributed by atoms with Crippen molar-refractivity contribution in [2.75, 3.05) is 12.4 Å². The van der Waals surface area contributed by atoms with E-state index in [-0.39, 0.29) is 5.57 Å². The minimum atomic E-state index is -0.445. The van der Waals surface area contributed by atoms with Crippen molar-refractivity contribution >= 4 is 17.7 Å². The highest BCUT2D eigenvalue weighted by Crippen LogP contribution is 2.22. The molecule has 116 valence electrons. The zero-order valence-corrected chi connectivity index (χ0v) is 13.4. The molecule has 2 aromatic rings. The number of amides is 1. The number of benzene rings is 2. The van der Waals surface area contributed by atoms with Gasteiger partial charge in [0.15, 0.2) is 0 Å². The second-order valence-electron chi connectivity index (χ2n) is 5.24. The van der Waals surface area contributed by atoms with Gasteiger partial charge in [-0.1, -0.05) is 29.3 Å². The van der Waals surface area contributed by atoms with E-state index in [1.807, 2.05) is 50.2 Å². The van der Waals surface area contributed by atoms with Crippen molar-refractivity contribution in [3.63, 3.8) is 0 Å². The summed E-state index contributed by atoms with van der Waals surface area (Å²) in [7, 11) is 1.56. The molecule has 0 aromatic heterocycles. The Labute approximate surface area is 136 Å². The summed E-state index contributed by atoms with van der Waals surface area (Å²) in [5, 5.41) is 12.0. The maximum absolute atomic E-state index is 12.3. The molecule has 0 heterocycles. The number of rotatable bonds is 4. The first-order chi connectivity index (χ1) is 11.0. The number of carbonyl (C=O) groups excluding carboxylic acids is 1. The lowest BCUT2D eigenvalue weighted by Gasteiger charge is -2.07. The van der Waals surface area contributed by atoms with E-state index in [1.165, 1.54) is 6.08 Å². The number of nitrogens with zero attached hydrogens (tertiary/aromatic N) is 1. The molecule has 1 amide bonds. The molecule has 0 radical (unpaired) electrons. The van der Waals surface area contributed by atoms with Gasteiger partial charge in [-0.05, 0) is 44.2 Å². The van der Waals surface area contributed by atoms with Gasteiger partial charge in [-0.3, -0.25) is 4.79 Å². The van der Waals surface area contributed by atoms with Gasteiger partial charge in [0, 0.05) is 11.3 Å². The largest absolute Gasteiger partial charge is 0.496 e. The molecule has 0 saturated heterocycles. The first-order valence-corrected chi connectivity index (χ1v) is 7.18.